The van der Waals surface area contributed by atoms with Gasteiger partial charge in [0.1, 0.15) is 5.82 Å². The highest BCUT2D eigenvalue weighted by Crippen LogP contribution is 2.21. The molecule has 0 saturated carbocycles. The van der Waals surface area contributed by atoms with Gasteiger partial charge in [0.25, 0.3) is 0 Å². The number of rotatable bonds is 5. The van der Waals surface area contributed by atoms with Gasteiger partial charge in [0.15, 0.2) is 0 Å². The van der Waals surface area contributed by atoms with E-state index in [0.29, 0.717) is 12.1 Å². The normalized spacial score (nSPS) is 15.6. The molecule has 0 saturated heterocycles. The Morgan fingerprint density at radius 2 is 1.70 bits per heavy atom. The SMILES string of the molecule is CC(NCC(C)(O)c1ccc(F)cc1)c1ccccc1. The molecule has 2 rings (SSSR count). The highest BCUT2D eigenvalue weighted by molar-refractivity contribution is 5.23. The van der Waals surface area contributed by atoms with Crippen molar-refractivity contribution in [1.82, 2.24) is 5.32 Å². The van der Waals surface area contributed by atoms with E-state index >= 15 is 0 Å². The van der Waals surface area contributed by atoms with E-state index in [-0.39, 0.29) is 11.9 Å². The van der Waals surface area contributed by atoms with Gasteiger partial charge in [0.05, 0.1) is 5.60 Å². The van der Waals surface area contributed by atoms with E-state index < -0.39 is 5.60 Å². The maximum absolute atomic E-state index is 12.9. The summed E-state index contributed by atoms with van der Waals surface area (Å²) in [5.74, 6) is -0.296. The van der Waals surface area contributed by atoms with E-state index in [4.69, 9.17) is 0 Å². The molecule has 0 aromatic heterocycles. The van der Waals surface area contributed by atoms with Crippen LogP contribution < -0.4 is 5.32 Å². The average molecular weight is 273 g/mol. The number of hydrogen-bond donors (Lipinski definition) is 2. The first kappa shape index (κ1) is 14.7. The average Bonchev–Trinajstić information content (AvgIpc) is 2.46. The van der Waals surface area contributed by atoms with Gasteiger partial charge >= 0.3 is 0 Å². The Bertz CT molecular complexity index is 537. The predicted molar refractivity (Wildman–Crippen MR) is 78.8 cm³/mol. The lowest BCUT2D eigenvalue weighted by Gasteiger charge is -2.26. The molecule has 0 radical (unpaired) electrons. The van der Waals surface area contributed by atoms with Crippen molar-refractivity contribution < 1.29 is 9.50 Å². The van der Waals surface area contributed by atoms with Crippen LogP contribution in [0.25, 0.3) is 0 Å². The molecule has 0 amide bonds. The zero-order chi connectivity index (χ0) is 14.6. The summed E-state index contributed by atoms with van der Waals surface area (Å²) in [6.07, 6.45) is 0. The zero-order valence-corrected chi connectivity index (χ0v) is 11.8. The number of nitrogens with one attached hydrogen (secondary N) is 1. The summed E-state index contributed by atoms with van der Waals surface area (Å²) < 4.78 is 12.9. The molecule has 2 aromatic rings. The summed E-state index contributed by atoms with van der Waals surface area (Å²) >= 11 is 0. The van der Waals surface area contributed by atoms with Crippen molar-refractivity contribution in [2.75, 3.05) is 6.54 Å². The number of benzene rings is 2. The first-order valence-corrected chi connectivity index (χ1v) is 6.76. The van der Waals surface area contributed by atoms with Gasteiger partial charge in [-0.3, -0.25) is 0 Å². The van der Waals surface area contributed by atoms with Gasteiger partial charge < -0.3 is 10.4 Å². The highest BCUT2D eigenvalue weighted by atomic mass is 19.1. The molecule has 20 heavy (non-hydrogen) atoms. The molecule has 0 heterocycles. The van der Waals surface area contributed by atoms with Gasteiger partial charge in [0.2, 0.25) is 0 Å². The highest BCUT2D eigenvalue weighted by Gasteiger charge is 2.23. The van der Waals surface area contributed by atoms with Crippen LogP contribution in [0.4, 0.5) is 4.39 Å². The fourth-order valence-electron chi connectivity index (χ4n) is 2.12. The summed E-state index contributed by atoms with van der Waals surface area (Å²) in [6.45, 7) is 4.18. The third-order valence-corrected chi connectivity index (χ3v) is 3.52. The second-order valence-electron chi connectivity index (χ2n) is 5.29. The van der Waals surface area contributed by atoms with Crippen LogP contribution in [0.2, 0.25) is 0 Å². The predicted octanol–water partition coefficient (Wildman–Crippen LogP) is 3.38. The van der Waals surface area contributed by atoms with Gasteiger partial charge in [0, 0.05) is 12.6 Å². The summed E-state index contributed by atoms with van der Waals surface area (Å²) in [6, 6.07) is 16.2. The number of halogens is 1. The summed E-state index contributed by atoms with van der Waals surface area (Å²) in [5, 5.41) is 13.8. The molecule has 2 aromatic carbocycles. The molecule has 3 heteroatoms. The Morgan fingerprint density at radius 1 is 1.10 bits per heavy atom. The van der Waals surface area contributed by atoms with Gasteiger partial charge in [-0.15, -0.1) is 0 Å². The van der Waals surface area contributed by atoms with Crippen molar-refractivity contribution in [3.8, 4) is 0 Å². The smallest absolute Gasteiger partial charge is 0.123 e. The van der Waals surface area contributed by atoms with Crippen LogP contribution >= 0.6 is 0 Å². The number of hydrogen-bond acceptors (Lipinski definition) is 2. The summed E-state index contributed by atoms with van der Waals surface area (Å²) in [5.41, 5.74) is 0.838. The Morgan fingerprint density at radius 3 is 2.30 bits per heavy atom. The van der Waals surface area contributed by atoms with Gasteiger partial charge in [-0.1, -0.05) is 42.5 Å². The lowest BCUT2D eigenvalue weighted by molar-refractivity contribution is 0.0543. The van der Waals surface area contributed by atoms with Crippen LogP contribution in [0.1, 0.15) is 31.0 Å². The Kier molecular flexibility index (Phi) is 4.53. The van der Waals surface area contributed by atoms with Crippen LogP contribution in [0.15, 0.2) is 54.6 Å². The van der Waals surface area contributed by atoms with Crippen molar-refractivity contribution in [3.63, 3.8) is 0 Å². The second-order valence-corrected chi connectivity index (χ2v) is 5.29. The molecular formula is C17H20FNO. The van der Waals surface area contributed by atoms with Crippen molar-refractivity contribution in [3.05, 3.63) is 71.5 Å². The Balaban J connectivity index is 2.00. The minimum atomic E-state index is -1.03. The van der Waals surface area contributed by atoms with Crippen LogP contribution in [0.3, 0.4) is 0 Å². The maximum atomic E-state index is 12.9. The summed E-state index contributed by atoms with van der Waals surface area (Å²) in [4.78, 5) is 0. The second kappa shape index (κ2) is 6.16. The van der Waals surface area contributed by atoms with Gasteiger partial charge in [-0.05, 0) is 37.1 Å². The lowest BCUT2D eigenvalue weighted by Crippen LogP contribution is -2.36. The third kappa shape index (κ3) is 3.65. The molecule has 0 bridgehead atoms. The Labute approximate surface area is 119 Å². The third-order valence-electron chi connectivity index (χ3n) is 3.52. The van der Waals surface area contributed by atoms with Crippen molar-refractivity contribution in [2.24, 2.45) is 0 Å². The van der Waals surface area contributed by atoms with E-state index in [1.54, 1.807) is 19.1 Å². The molecule has 106 valence electrons. The van der Waals surface area contributed by atoms with Crippen LogP contribution in [0.5, 0.6) is 0 Å². The fraction of sp³-hybridized carbons (Fsp3) is 0.294. The molecule has 2 atom stereocenters. The maximum Gasteiger partial charge on any atom is 0.123 e. The Hall–Kier alpha value is -1.71. The molecule has 0 fully saturated rings. The minimum Gasteiger partial charge on any atom is -0.384 e. The van der Waals surface area contributed by atoms with Crippen LogP contribution in [-0.4, -0.2) is 11.7 Å². The molecule has 0 spiro atoms. The first-order valence-electron chi connectivity index (χ1n) is 6.76. The molecule has 2 N–H and O–H groups in total. The quantitative estimate of drug-likeness (QED) is 0.875. The standard InChI is InChI=1S/C17H20FNO/c1-13(14-6-4-3-5-7-14)19-12-17(2,20)15-8-10-16(18)11-9-15/h3-11,13,19-20H,12H2,1-2H3. The van der Waals surface area contributed by atoms with E-state index in [9.17, 15) is 9.50 Å². The van der Waals surface area contributed by atoms with Gasteiger partial charge in [-0.2, -0.15) is 0 Å². The van der Waals surface area contributed by atoms with E-state index in [0.717, 1.165) is 0 Å². The molecule has 2 nitrogen and oxygen atoms in total. The zero-order valence-electron chi connectivity index (χ0n) is 11.8. The first-order chi connectivity index (χ1) is 9.49. The number of aliphatic hydroxyl groups is 1. The van der Waals surface area contributed by atoms with Crippen molar-refractivity contribution >= 4 is 0 Å². The van der Waals surface area contributed by atoms with Crippen molar-refractivity contribution in [2.45, 2.75) is 25.5 Å². The minimum absolute atomic E-state index is 0.142. The molecule has 0 aliphatic carbocycles. The molecular weight excluding hydrogens is 253 g/mol. The van der Waals surface area contributed by atoms with Crippen LogP contribution in [-0.2, 0) is 5.60 Å². The lowest BCUT2D eigenvalue weighted by atomic mass is 9.95. The molecule has 0 aliphatic heterocycles. The van der Waals surface area contributed by atoms with E-state index in [1.165, 1.54) is 17.7 Å². The monoisotopic (exact) mass is 273 g/mol. The topological polar surface area (TPSA) is 32.3 Å². The largest absolute Gasteiger partial charge is 0.384 e. The van der Waals surface area contributed by atoms with E-state index in [1.807, 2.05) is 30.3 Å². The van der Waals surface area contributed by atoms with Crippen LogP contribution in [0, 0.1) is 5.82 Å². The summed E-state index contributed by atoms with van der Waals surface area (Å²) in [7, 11) is 0. The molecule has 2 unspecified atom stereocenters. The van der Waals surface area contributed by atoms with Gasteiger partial charge in [-0.25, -0.2) is 4.39 Å². The fourth-order valence-corrected chi connectivity index (χ4v) is 2.12. The van der Waals surface area contributed by atoms with E-state index in [2.05, 4.69) is 12.2 Å². The van der Waals surface area contributed by atoms with Crippen molar-refractivity contribution in [1.29, 1.82) is 0 Å². The molecule has 0 aliphatic rings.